The Labute approximate surface area is 124 Å². The average Bonchev–Trinajstić information content (AvgIpc) is 2.91. The summed E-state index contributed by atoms with van der Waals surface area (Å²) in [5.74, 6) is 1.31. The molecule has 0 amide bonds. The van der Waals surface area contributed by atoms with Gasteiger partial charge in [-0.05, 0) is 34.0 Å². The first-order valence-electron chi connectivity index (χ1n) is 5.25. The molecule has 0 N–H and O–H groups in total. The molecule has 0 saturated heterocycles. The maximum atomic E-state index is 6.29. The largest absolute Gasteiger partial charge is 0.493 e. The summed E-state index contributed by atoms with van der Waals surface area (Å²) in [6.07, 6.45) is 0. The van der Waals surface area contributed by atoms with Crippen LogP contribution in [-0.2, 0) is 0 Å². The van der Waals surface area contributed by atoms with E-state index in [2.05, 4.69) is 27.4 Å². The number of rotatable bonds is 4. The van der Waals surface area contributed by atoms with E-state index < -0.39 is 0 Å². The first kappa shape index (κ1) is 13.7. The van der Waals surface area contributed by atoms with Crippen LogP contribution < -0.4 is 9.47 Å². The third kappa shape index (κ3) is 2.66. The van der Waals surface area contributed by atoms with Crippen molar-refractivity contribution in [3.63, 3.8) is 0 Å². The average molecular weight is 348 g/mol. The van der Waals surface area contributed by atoms with Crippen LogP contribution in [0.4, 0.5) is 0 Å². The summed E-state index contributed by atoms with van der Waals surface area (Å²) in [6.45, 7) is 0. The van der Waals surface area contributed by atoms with Crippen molar-refractivity contribution in [2.24, 2.45) is 0 Å². The molecule has 0 fully saturated rings. The summed E-state index contributed by atoms with van der Waals surface area (Å²) in [6, 6.07) is 5.74. The third-order valence-electron chi connectivity index (χ3n) is 2.61. The van der Waals surface area contributed by atoms with Gasteiger partial charge in [0.2, 0.25) is 0 Å². The second kappa shape index (κ2) is 5.95. The molecule has 18 heavy (non-hydrogen) atoms. The number of alkyl halides is 1. The summed E-state index contributed by atoms with van der Waals surface area (Å²) >= 11 is 11.6. The Morgan fingerprint density at radius 1 is 1.22 bits per heavy atom. The zero-order chi connectivity index (χ0) is 13.1. The van der Waals surface area contributed by atoms with Crippen LogP contribution in [0.15, 0.2) is 29.0 Å². The van der Waals surface area contributed by atoms with Crippen molar-refractivity contribution < 1.29 is 9.47 Å². The van der Waals surface area contributed by atoms with Crippen LogP contribution in [0.2, 0.25) is 5.02 Å². The summed E-state index contributed by atoms with van der Waals surface area (Å²) < 4.78 is 10.5. The molecule has 0 bridgehead atoms. The maximum absolute atomic E-state index is 6.29. The predicted molar refractivity (Wildman–Crippen MR) is 79.6 cm³/mol. The van der Waals surface area contributed by atoms with Gasteiger partial charge in [0.15, 0.2) is 11.5 Å². The van der Waals surface area contributed by atoms with Crippen molar-refractivity contribution in [3.05, 3.63) is 45.1 Å². The molecule has 1 unspecified atom stereocenters. The quantitative estimate of drug-likeness (QED) is 0.732. The Balaban J connectivity index is 2.45. The maximum Gasteiger partial charge on any atom is 0.162 e. The molecular formula is C13H12BrClO2S. The number of ether oxygens (including phenoxy) is 2. The van der Waals surface area contributed by atoms with Gasteiger partial charge in [-0.2, -0.15) is 11.3 Å². The number of halogens is 2. The van der Waals surface area contributed by atoms with E-state index in [1.165, 1.54) is 5.56 Å². The Bertz CT molecular complexity index is 528. The van der Waals surface area contributed by atoms with Gasteiger partial charge in [0.05, 0.1) is 19.0 Å². The molecule has 0 radical (unpaired) electrons. The topological polar surface area (TPSA) is 18.5 Å². The monoisotopic (exact) mass is 346 g/mol. The minimum Gasteiger partial charge on any atom is -0.493 e. The van der Waals surface area contributed by atoms with E-state index in [1.54, 1.807) is 31.6 Å². The molecule has 1 heterocycles. The zero-order valence-corrected chi connectivity index (χ0v) is 13.1. The Morgan fingerprint density at radius 2 is 1.89 bits per heavy atom. The lowest BCUT2D eigenvalue weighted by Crippen LogP contribution is -1.96. The van der Waals surface area contributed by atoms with Crippen LogP contribution in [0, 0.1) is 0 Å². The number of benzene rings is 1. The lowest BCUT2D eigenvalue weighted by atomic mass is 10.1. The van der Waals surface area contributed by atoms with E-state index in [-0.39, 0.29) is 4.83 Å². The molecule has 1 aromatic heterocycles. The summed E-state index contributed by atoms with van der Waals surface area (Å²) in [4.78, 5) is 0.0519. The molecule has 2 aromatic rings. The molecule has 1 atom stereocenters. The van der Waals surface area contributed by atoms with Crippen LogP contribution in [0.3, 0.4) is 0 Å². The fraction of sp³-hybridized carbons (Fsp3) is 0.231. The SMILES string of the molecule is COc1cc(Cl)c(C(Br)c2ccsc2)cc1OC. The summed E-state index contributed by atoms with van der Waals surface area (Å²) in [7, 11) is 3.21. The van der Waals surface area contributed by atoms with Crippen molar-refractivity contribution in [2.75, 3.05) is 14.2 Å². The molecular weight excluding hydrogens is 336 g/mol. The van der Waals surface area contributed by atoms with Gasteiger partial charge in [0.1, 0.15) is 0 Å². The van der Waals surface area contributed by atoms with E-state index in [4.69, 9.17) is 21.1 Å². The molecule has 0 saturated carbocycles. The highest BCUT2D eigenvalue weighted by Gasteiger charge is 2.17. The minimum atomic E-state index is 0.0519. The van der Waals surface area contributed by atoms with E-state index >= 15 is 0 Å². The van der Waals surface area contributed by atoms with E-state index in [9.17, 15) is 0 Å². The van der Waals surface area contributed by atoms with Crippen molar-refractivity contribution in [1.82, 2.24) is 0 Å². The van der Waals surface area contributed by atoms with Crippen molar-refractivity contribution in [2.45, 2.75) is 4.83 Å². The van der Waals surface area contributed by atoms with E-state index in [1.807, 2.05) is 11.4 Å². The van der Waals surface area contributed by atoms with Gasteiger partial charge in [-0.3, -0.25) is 0 Å². The molecule has 2 nitrogen and oxygen atoms in total. The number of thiophene rings is 1. The van der Waals surface area contributed by atoms with Crippen LogP contribution >= 0.6 is 38.9 Å². The fourth-order valence-corrected chi connectivity index (χ4v) is 3.58. The van der Waals surface area contributed by atoms with Gasteiger partial charge in [0, 0.05) is 11.1 Å². The van der Waals surface area contributed by atoms with Gasteiger partial charge in [0.25, 0.3) is 0 Å². The van der Waals surface area contributed by atoms with Crippen LogP contribution in [0.1, 0.15) is 16.0 Å². The minimum absolute atomic E-state index is 0.0519. The highest BCUT2D eigenvalue weighted by molar-refractivity contribution is 9.09. The Kier molecular flexibility index (Phi) is 4.54. The predicted octanol–water partition coefficient (Wildman–Crippen LogP) is 4.90. The Hall–Kier alpha value is -0.710. The van der Waals surface area contributed by atoms with Crippen LogP contribution in [-0.4, -0.2) is 14.2 Å². The normalized spacial score (nSPS) is 12.2. The highest BCUT2D eigenvalue weighted by Crippen LogP contribution is 2.41. The van der Waals surface area contributed by atoms with Gasteiger partial charge in [-0.15, -0.1) is 0 Å². The Morgan fingerprint density at radius 3 is 2.44 bits per heavy atom. The third-order valence-corrected chi connectivity index (χ3v) is 4.66. The van der Waals surface area contributed by atoms with Gasteiger partial charge >= 0.3 is 0 Å². The molecule has 0 spiro atoms. The fourth-order valence-electron chi connectivity index (χ4n) is 1.66. The van der Waals surface area contributed by atoms with Crippen molar-refractivity contribution in [1.29, 1.82) is 0 Å². The standard InChI is InChI=1S/C13H12BrClO2S/c1-16-11-5-9(10(15)6-12(11)17-2)13(14)8-3-4-18-7-8/h3-7,13H,1-2H3. The molecule has 0 aliphatic carbocycles. The van der Waals surface area contributed by atoms with Crippen molar-refractivity contribution >= 4 is 38.9 Å². The molecule has 2 rings (SSSR count). The molecule has 96 valence electrons. The lowest BCUT2D eigenvalue weighted by molar-refractivity contribution is 0.354. The summed E-state index contributed by atoms with van der Waals surface area (Å²) in [5, 5.41) is 4.78. The van der Waals surface area contributed by atoms with Crippen molar-refractivity contribution in [3.8, 4) is 11.5 Å². The second-order valence-electron chi connectivity index (χ2n) is 3.65. The van der Waals surface area contributed by atoms with Gasteiger partial charge in [-0.1, -0.05) is 27.5 Å². The molecule has 0 aliphatic rings. The van der Waals surface area contributed by atoms with Gasteiger partial charge in [-0.25, -0.2) is 0 Å². The van der Waals surface area contributed by atoms with Gasteiger partial charge < -0.3 is 9.47 Å². The highest BCUT2D eigenvalue weighted by atomic mass is 79.9. The van der Waals surface area contributed by atoms with E-state index in [0.29, 0.717) is 16.5 Å². The first-order valence-corrected chi connectivity index (χ1v) is 7.48. The summed E-state index contributed by atoms with van der Waals surface area (Å²) in [5.41, 5.74) is 2.14. The smallest absolute Gasteiger partial charge is 0.162 e. The zero-order valence-electron chi connectivity index (χ0n) is 9.94. The van der Waals surface area contributed by atoms with E-state index in [0.717, 1.165) is 5.56 Å². The molecule has 5 heteroatoms. The first-order chi connectivity index (χ1) is 8.67. The van der Waals surface area contributed by atoms with Crippen LogP contribution in [0.25, 0.3) is 0 Å². The lowest BCUT2D eigenvalue weighted by Gasteiger charge is -2.15. The molecule has 1 aromatic carbocycles. The second-order valence-corrected chi connectivity index (χ2v) is 5.75. The van der Waals surface area contributed by atoms with Crippen LogP contribution in [0.5, 0.6) is 11.5 Å². The number of hydrogen-bond acceptors (Lipinski definition) is 3. The molecule has 0 aliphatic heterocycles. The number of methoxy groups -OCH3 is 2. The number of hydrogen-bond donors (Lipinski definition) is 0.